The second-order valence-electron chi connectivity index (χ2n) is 3.16. The fraction of sp³-hybridized carbons (Fsp3) is 0.222. The normalized spacial score (nSPS) is 18.9. The molecule has 0 fully saturated rings. The molecule has 74 valence electrons. The fourth-order valence-corrected chi connectivity index (χ4v) is 2.13. The van der Waals surface area contributed by atoms with Crippen molar-refractivity contribution in [1.29, 1.82) is 0 Å². The van der Waals surface area contributed by atoms with Crippen molar-refractivity contribution in [2.75, 3.05) is 5.32 Å². The summed E-state index contributed by atoms with van der Waals surface area (Å²) in [7, 11) is 0. The highest BCUT2D eigenvalue weighted by molar-refractivity contribution is 6.36. The maximum Gasteiger partial charge on any atom is 0.326 e. The molecule has 2 N–H and O–H groups in total. The van der Waals surface area contributed by atoms with Crippen molar-refractivity contribution in [2.24, 2.45) is 0 Å². The zero-order valence-electron chi connectivity index (χ0n) is 7.05. The Bertz CT molecular complexity index is 406. The second kappa shape index (κ2) is 3.33. The van der Waals surface area contributed by atoms with Crippen molar-refractivity contribution >= 4 is 34.9 Å². The van der Waals surface area contributed by atoms with Crippen LogP contribution in [0.5, 0.6) is 0 Å². The Balaban J connectivity index is 2.39. The van der Waals surface area contributed by atoms with E-state index in [0.717, 1.165) is 5.56 Å². The van der Waals surface area contributed by atoms with E-state index in [9.17, 15) is 4.79 Å². The van der Waals surface area contributed by atoms with Crippen LogP contribution in [0.1, 0.15) is 5.56 Å². The summed E-state index contributed by atoms with van der Waals surface area (Å²) in [6.07, 6.45) is 0.422. The number of halogens is 2. The fourth-order valence-electron chi connectivity index (χ4n) is 1.54. The van der Waals surface area contributed by atoms with Crippen LogP contribution in [0.25, 0.3) is 0 Å². The predicted octanol–water partition coefficient (Wildman–Crippen LogP) is 2.41. The lowest BCUT2D eigenvalue weighted by molar-refractivity contribution is -0.137. The van der Waals surface area contributed by atoms with Gasteiger partial charge in [0.1, 0.15) is 6.04 Å². The maximum absolute atomic E-state index is 10.7. The van der Waals surface area contributed by atoms with Gasteiger partial charge in [0, 0.05) is 11.4 Å². The average Bonchev–Trinajstić information content (AvgIpc) is 2.47. The van der Waals surface area contributed by atoms with Crippen LogP contribution in [0, 0.1) is 0 Å². The minimum Gasteiger partial charge on any atom is -0.480 e. The van der Waals surface area contributed by atoms with Crippen LogP contribution in [0.15, 0.2) is 12.1 Å². The maximum atomic E-state index is 10.7. The van der Waals surface area contributed by atoms with Gasteiger partial charge in [0.25, 0.3) is 0 Å². The molecule has 3 nitrogen and oxygen atoms in total. The molecule has 14 heavy (non-hydrogen) atoms. The molecular weight excluding hydrogens is 225 g/mol. The summed E-state index contributed by atoms with van der Waals surface area (Å²) in [5, 5.41) is 12.6. The highest BCUT2D eigenvalue weighted by Gasteiger charge is 2.28. The lowest BCUT2D eigenvalue weighted by Crippen LogP contribution is -2.26. The Kier molecular flexibility index (Phi) is 2.29. The van der Waals surface area contributed by atoms with Gasteiger partial charge < -0.3 is 10.4 Å². The van der Waals surface area contributed by atoms with Crippen molar-refractivity contribution in [3.63, 3.8) is 0 Å². The zero-order valence-corrected chi connectivity index (χ0v) is 8.56. The Labute approximate surface area is 90.6 Å². The first-order valence-corrected chi connectivity index (χ1v) is 4.81. The molecule has 0 aromatic heterocycles. The summed E-state index contributed by atoms with van der Waals surface area (Å²) in [5.41, 5.74) is 1.54. The van der Waals surface area contributed by atoms with Gasteiger partial charge in [-0.1, -0.05) is 23.2 Å². The van der Waals surface area contributed by atoms with Crippen molar-refractivity contribution in [3.8, 4) is 0 Å². The summed E-state index contributed by atoms with van der Waals surface area (Å²) < 4.78 is 0. The van der Waals surface area contributed by atoms with Crippen molar-refractivity contribution in [3.05, 3.63) is 27.7 Å². The van der Waals surface area contributed by atoms with Gasteiger partial charge in [0.2, 0.25) is 0 Å². The molecule has 0 amide bonds. The van der Waals surface area contributed by atoms with E-state index in [0.29, 0.717) is 22.2 Å². The number of carbonyl (C=O) groups is 1. The minimum absolute atomic E-state index is 0.422. The number of benzene rings is 1. The predicted molar refractivity (Wildman–Crippen MR) is 55.2 cm³/mol. The number of anilines is 1. The van der Waals surface area contributed by atoms with E-state index < -0.39 is 12.0 Å². The van der Waals surface area contributed by atoms with E-state index in [4.69, 9.17) is 28.3 Å². The van der Waals surface area contributed by atoms with E-state index in [2.05, 4.69) is 5.32 Å². The third kappa shape index (κ3) is 1.53. The number of fused-ring (bicyclic) bond motifs is 1. The van der Waals surface area contributed by atoms with E-state index in [1.807, 2.05) is 0 Å². The van der Waals surface area contributed by atoms with Crippen LogP contribution in [0.3, 0.4) is 0 Å². The van der Waals surface area contributed by atoms with E-state index in [-0.39, 0.29) is 0 Å². The van der Waals surface area contributed by atoms with E-state index in [1.165, 1.54) is 0 Å². The Morgan fingerprint density at radius 1 is 1.50 bits per heavy atom. The molecule has 0 saturated heterocycles. The smallest absolute Gasteiger partial charge is 0.326 e. The summed E-state index contributed by atoms with van der Waals surface area (Å²) in [6.45, 7) is 0. The standard InChI is InChI=1S/C9H7Cl2NO2/c10-5-1-4-2-7(9(13)14)12-8(4)6(11)3-5/h1,3,7,12H,2H2,(H,13,14). The quantitative estimate of drug-likeness (QED) is 0.781. The molecule has 1 atom stereocenters. The average molecular weight is 232 g/mol. The highest BCUT2D eigenvalue weighted by atomic mass is 35.5. The molecule has 0 bridgehead atoms. The number of hydrogen-bond acceptors (Lipinski definition) is 2. The number of aliphatic carboxylic acids is 1. The van der Waals surface area contributed by atoms with Crippen LogP contribution < -0.4 is 5.32 Å². The third-order valence-electron chi connectivity index (χ3n) is 2.18. The number of rotatable bonds is 1. The molecule has 1 unspecified atom stereocenters. The number of hydrogen-bond donors (Lipinski definition) is 2. The summed E-state index contributed by atoms with van der Waals surface area (Å²) in [4.78, 5) is 10.7. The lowest BCUT2D eigenvalue weighted by atomic mass is 10.1. The molecular formula is C9H7Cl2NO2. The van der Waals surface area contributed by atoms with Crippen LogP contribution in [-0.2, 0) is 11.2 Å². The van der Waals surface area contributed by atoms with Gasteiger partial charge in [-0.05, 0) is 17.7 Å². The van der Waals surface area contributed by atoms with Gasteiger partial charge in [-0.15, -0.1) is 0 Å². The Morgan fingerprint density at radius 2 is 2.21 bits per heavy atom. The second-order valence-corrected chi connectivity index (χ2v) is 4.00. The minimum atomic E-state index is -0.881. The molecule has 1 aliphatic heterocycles. The SMILES string of the molecule is O=C(O)C1Cc2cc(Cl)cc(Cl)c2N1. The van der Waals surface area contributed by atoms with Crippen LogP contribution >= 0.6 is 23.2 Å². The molecule has 0 saturated carbocycles. The molecule has 1 heterocycles. The van der Waals surface area contributed by atoms with Crippen molar-refractivity contribution in [2.45, 2.75) is 12.5 Å². The van der Waals surface area contributed by atoms with Gasteiger partial charge in [-0.3, -0.25) is 0 Å². The Morgan fingerprint density at radius 3 is 2.86 bits per heavy atom. The highest BCUT2D eigenvalue weighted by Crippen LogP contribution is 2.35. The molecule has 1 aliphatic rings. The first-order chi connectivity index (χ1) is 6.58. The molecule has 0 radical (unpaired) electrons. The van der Waals surface area contributed by atoms with E-state index >= 15 is 0 Å². The number of nitrogens with one attached hydrogen (secondary N) is 1. The summed E-state index contributed by atoms with van der Waals surface area (Å²) >= 11 is 11.7. The summed E-state index contributed by atoms with van der Waals surface area (Å²) in [5.74, 6) is -0.881. The van der Waals surface area contributed by atoms with Crippen molar-refractivity contribution < 1.29 is 9.90 Å². The van der Waals surface area contributed by atoms with Crippen LogP contribution in [-0.4, -0.2) is 17.1 Å². The molecule has 1 aromatic rings. The summed E-state index contributed by atoms with van der Waals surface area (Å²) in [6, 6.07) is 2.73. The molecule has 0 aliphatic carbocycles. The van der Waals surface area contributed by atoms with Crippen LogP contribution in [0.2, 0.25) is 10.0 Å². The van der Waals surface area contributed by atoms with Gasteiger partial charge in [0.05, 0.1) is 10.7 Å². The largest absolute Gasteiger partial charge is 0.480 e. The first-order valence-electron chi connectivity index (χ1n) is 4.05. The third-order valence-corrected chi connectivity index (χ3v) is 2.69. The van der Waals surface area contributed by atoms with Gasteiger partial charge in [0.15, 0.2) is 0 Å². The van der Waals surface area contributed by atoms with Crippen molar-refractivity contribution in [1.82, 2.24) is 0 Å². The molecule has 1 aromatic carbocycles. The van der Waals surface area contributed by atoms with Gasteiger partial charge in [-0.2, -0.15) is 0 Å². The molecule has 0 spiro atoms. The van der Waals surface area contributed by atoms with E-state index in [1.54, 1.807) is 12.1 Å². The molecule has 5 heteroatoms. The topological polar surface area (TPSA) is 49.3 Å². The van der Waals surface area contributed by atoms with Gasteiger partial charge >= 0.3 is 5.97 Å². The zero-order chi connectivity index (χ0) is 10.3. The van der Waals surface area contributed by atoms with Crippen LogP contribution in [0.4, 0.5) is 5.69 Å². The molecule has 2 rings (SSSR count). The Hall–Kier alpha value is -0.930. The monoisotopic (exact) mass is 231 g/mol. The first kappa shape index (κ1) is 9.62. The van der Waals surface area contributed by atoms with Gasteiger partial charge in [-0.25, -0.2) is 4.79 Å². The lowest BCUT2D eigenvalue weighted by Gasteiger charge is -2.05. The number of carboxylic acids is 1. The number of carboxylic acid groups (broad SMARTS) is 1.